The number of hydrogen-bond donors (Lipinski definition) is 1. The molecule has 0 spiro atoms. The summed E-state index contributed by atoms with van der Waals surface area (Å²) in [6.07, 6.45) is 2.02. The highest BCUT2D eigenvalue weighted by Gasteiger charge is 2.23. The molecule has 2 heterocycles. The lowest BCUT2D eigenvalue weighted by Crippen LogP contribution is -2.20. The van der Waals surface area contributed by atoms with Crippen LogP contribution in [0.15, 0.2) is 48.5 Å². The lowest BCUT2D eigenvalue weighted by atomic mass is 9.95. The smallest absolute Gasteiger partial charge is 0.179 e. The fourth-order valence-corrected chi connectivity index (χ4v) is 3.68. The molecule has 2 aromatic carbocycles. The van der Waals surface area contributed by atoms with Crippen molar-refractivity contribution >= 4 is 0 Å². The van der Waals surface area contributed by atoms with Crippen LogP contribution in [0.5, 0.6) is 0 Å². The molecule has 0 atom stereocenters. The Hall–Kier alpha value is -3.35. The highest BCUT2D eigenvalue weighted by atomic mass is 15.5. The highest BCUT2D eigenvalue weighted by Crippen LogP contribution is 2.26. The Morgan fingerprint density at radius 1 is 0.969 bits per heavy atom. The Morgan fingerprint density at radius 2 is 1.72 bits per heavy atom. The van der Waals surface area contributed by atoms with E-state index in [1.54, 1.807) is 0 Å². The molecule has 0 fully saturated rings. The first-order valence-corrected chi connectivity index (χ1v) is 11.2. The monoisotopic (exact) mass is 429 g/mol. The molecule has 0 amide bonds. The zero-order valence-electron chi connectivity index (χ0n) is 19.5. The number of hydrogen-bond acceptors (Lipinski definition) is 5. The van der Waals surface area contributed by atoms with E-state index in [4.69, 9.17) is 10.1 Å². The van der Waals surface area contributed by atoms with E-state index in [1.165, 1.54) is 5.56 Å². The van der Waals surface area contributed by atoms with Gasteiger partial charge in [-0.15, -0.1) is 5.10 Å². The quantitative estimate of drug-likeness (QED) is 0.444. The van der Waals surface area contributed by atoms with E-state index in [9.17, 15) is 0 Å². The summed E-state index contributed by atoms with van der Waals surface area (Å²) in [5, 5.41) is 19.0. The number of nitrogens with zero attached hydrogens (tertiary/aromatic N) is 6. The fourth-order valence-electron chi connectivity index (χ4n) is 3.68. The molecule has 0 saturated heterocycles. The molecule has 7 heteroatoms. The van der Waals surface area contributed by atoms with Gasteiger partial charge in [-0.05, 0) is 45.5 Å². The standard InChI is InChI=1S/C25H31N7/c1-17(2)9-14-22-26-24(25(3,4)5)32(29-22)16-18-10-12-19(13-11-18)20-7-6-8-21(15-20)23-27-30-31-28-23/h6-8,10-13,15,17H,9,14,16H2,1-5H3,(H,27,28,30,31). The van der Waals surface area contributed by atoms with E-state index < -0.39 is 0 Å². The summed E-state index contributed by atoms with van der Waals surface area (Å²) >= 11 is 0. The number of rotatable bonds is 7. The molecular formula is C25H31N7. The van der Waals surface area contributed by atoms with E-state index in [2.05, 4.69) is 96.3 Å². The predicted molar refractivity (Wildman–Crippen MR) is 126 cm³/mol. The maximum atomic E-state index is 4.88. The van der Waals surface area contributed by atoms with Gasteiger partial charge in [-0.25, -0.2) is 14.8 Å². The van der Waals surface area contributed by atoms with Crippen molar-refractivity contribution in [2.45, 2.75) is 59.4 Å². The third kappa shape index (κ3) is 5.10. The van der Waals surface area contributed by atoms with Crippen LogP contribution in [0.3, 0.4) is 0 Å². The first kappa shape index (κ1) is 21.9. The van der Waals surface area contributed by atoms with Gasteiger partial charge in [-0.3, -0.25) is 0 Å². The number of benzene rings is 2. The molecule has 166 valence electrons. The second kappa shape index (κ2) is 9.02. The molecular weight excluding hydrogens is 398 g/mol. The average Bonchev–Trinajstić information content (AvgIpc) is 3.43. The summed E-state index contributed by atoms with van der Waals surface area (Å²) < 4.78 is 2.07. The van der Waals surface area contributed by atoms with Gasteiger partial charge in [0.05, 0.1) is 6.54 Å². The number of aromatic nitrogens is 7. The molecule has 2 aromatic heterocycles. The number of tetrazole rings is 1. The molecule has 0 radical (unpaired) electrons. The molecule has 1 N–H and O–H groups in total. The van der Waals surface area contributed by atoms with Crippen LogP contribution in [-0.4, -0.2) is 35.4 Å². The molecule has 7 nitrogen and oxygen atoms in total. The second-order valence-electron chi connectivity index (χ2n) is 9.72. The molecule has 4 rings (SSSR count). The van der Waals surface area contributed by atoms with E-state index in [-0.39, 0.29) is 5.41 Å². The Balaban J connectivity index is 1.55. The highest BCUT2D eigenvalue weighted by molar-refractivity contribution is 5.70. The van der Waals surface area contributed by atoms with Crippen LogP contribution in [0.4, 0.5) is 0 Å². The van der Waals surface area contributed by atoms with Crippen LogP contribution in [0.25, 0.3) is 22.5 Å². The van der Waals surface area contributed by atoms with Crippen molar-refractivity contribution in [1.29, 1.82) is 0 Å². The molecule has 0 saturated carbocycles. The van der Waals surface area contributed by atoms with Crippen LogP contribution < -0.4 is 0 Å². The average molecular weight is 430 g/mol. The molecule has 4 aromatic rings. The molecule has 0 aliphatic rings. The van der Waals surface area contributed by atoms with Gasteiger partial charge in [-0.2, -0.15) is 5.10 Å². The van der Waals surface area contributed by atoms with Crippen molar-refractivity contribution < 1.29 is 0 Å². The first-order chi connectivity index (χ1) is 15.3. The lowest BCUT2D eigenvalue weighted by Gasteiger charge is -2.18. The summed E-state index contributed by atoms with van der Waals surface area (Å²) in [4.78, 5) is 4.88. The SMILES string of the molecule is CC(C)CCc1nc(C(C)(C)C)n(Cc2ccc(-c3cccc(-c4nnn[nH]4)c3)cc2)n1. The fraction of sp³-hybridized carbons (Fsp3) is 0.400. The zero-order chi connectivity index (χ0) is 22.7. The van der Waals surface area contributed by atoms with Crippen LogP contribution in [0, 0.1) is 5.92 Å². The van der Waals surface area contributed by atoms with Gasteiger partial charge in [0.2, 0.25) is 0 Å². The number of H-pyrrole nitrogens is 1. The summed E-state index contributed by atoms with van der Waals surface area (Å²) in [7, 11) is 0. The first-order valence-electron chi connectivity index (χ1n) is 11.2. The van der Waals surface area contributed by atoms with Gasteiger partial charge in [0, 0.05) is 17.4 Å². The molecule has 0 unspecified atom stereocenters. The van der Waals surface area contributed by atoms with Gasteiger partial charge in [0.1, 0.15) is 5.82 Å². The van der Waals surface area contributed by atoms with E-state index in [1.807, 2.05) is 12.1 Å². The summed E-state index contributed by atoms with van der Waals surface area (Å²) in [5.41, 5.74) is 4.38. The predicted octanol–water partition coefficient (Wildman–Crippen LogP) is 5.06. The van der Waals surface area contributed by atoms with Crippen LogP contribution in [-0.2, 0) is 18.4 Å². The van der Waals surface area contributed by atoms with Crippen molar-refractivity contribution in [3.8, 4) is 22.5 Å². The zero-order valence-corrected chi connectivity index (χ0v) is 19.5. The lowest BCUT2D eigenvalue weighted by molar-refractivity contribution is 0.490. The van der Waals surface area contributed by atoms with Gasteiger partial charge < -0.3 is 0 Å². The summed E-state index contributed by atoms with van der Waals surface area (Å²) in [5.74, 6) is 3.29. The van der Waals surface area contributed by atoms with Crippen molar-refractivity contribution in [1.82, 2.24) is 35.4 Å². The van der Waals surface area contributed by atoms with Crippen molar-refractivity contribution in [3.63, 3.8) is 0 Å². The normalized spacial score (nSPS) is 11.9. The number of nitrogens with one attached hydrogen (secondary N) is 1. The Kier molecular flexibility index (Phi) is 6.17. The van der Waals surface area contributed by atoms with Crippen LogP contribution >= 0.6 is 0 Å². The maximum Gasteiger partial charge on any atom is 0.179 e. The van der Waals surface area contributed by atoms with Crippen molar-refractivity contribution in [2.75, 3.05) is 0 Å². The van der Waals surface area contributed by atoms with Gasteiger partial charge in [0.15, 0.2) is 11.6 Å². The molecule has 32 heavy (non-hydrogen) atoms. The third-order valence-corrected chi connectivity index (χ3v) is 5.43. The largest absolute Gasteiger partial charge is 0.245 e. The third-order valence-electron chi connectivity index (χ3n) is 5.43. The minimum Gasteiger partial charge on any atom is -0.245 e. The topological polar surface area (TPSA) is 85.2 Å². The Labute approximate surface area is 189 Å². The van der Waals surface area contributed by atoms with Crippen molar-refractivity contribution in [3.05, 3.63) is 65.7 Å². The molecule has 0 bridgehead atoms. The van der Waals surface area contributed by atoms with E-state index in [0.29, 0.717) is 18.3 Å². The molecule has 0 aliphatic carbocycles. The second-order valence-corrected chi connectivity index (χ2v) is 9.72. The molecule has 0 aliphatic heterocycles. The van der Waals surface area contributed by atoms with Gasteiger partial charge in [-0.1, -0.05) is 77.1 Å². The van der Waals surface area contributed by atoms with Gasteiger partial charge >= 0.3 is 0 Å². The van der Waals surface area contributed by atoms with Crippen molar-refractivity contribution in [2.24, 2.45) is 5.92 Å². The summed E-state index contributed by atoms with van der Waals surface area (Å²) in [6, 6.07) is 16.8. The minimum absolute atomic E-state index is 0.0565. The van der Waals surface area contributed by atoms with E-state index >= 15 is 0 Å². The minimum atomic E-state index is -0.0565. The maximum absolute atomic E-state index is 4.88. The Bertz CT molecular complexity index is 1150. The number of aryl methyl sites for hydroxylation is 1. The van der Waals surface area contributed by atoms with Crippen LogP contribution in [0.1, 0.15) is 58.3 Å². The number of aromatic amines is 1. The Morgan fingerprint density at radius 3 is 2.38 bits per heavy atom. The van der Waals surface area contributed by atoms with Gasteiger partial charge in [0.25, 0.3) is 0 Å². The van der Waals surface area contributed by atoms with Crippen LogP contribution in [0.2, 0.25) is 0 Å². The summed E-state index contributed by atoms with van der Waals surface area (Å²) in [6.45, 7) is 11.8. The van der Waals surface area contributed by atoms with E-state index in [0.717, 1.165) is 41.2 Å².